The number of esters is 1. The average Bonchev–Trinajstić information content (AvgIpc) is 3.17. The summed E-state index contributed by atoms with van der Waals surface area (Å²) in [6, 6.07) is 7.07. The fourth-order valence-electron chi connectivity index (χ4n) is 3.31. The number of thiophene rings is 1. The molecule has 0 radical (unpaired) electrons. The number of hydrogen-bond donors (Lipinski definition) is 0. The Morgan fingerprint density at radius 3 is 2.63 bits per heavy atom. The predicted molar refractivity (Wildman–Crippen MR) is 114 cm³/mol. The van der Waals surface area contributed by atoms with E-state index in [1.54, 1.807) is 12.1 Å². The van der Waals surface area contributed by atoms with Gasteiger partial charge in [0.15, 0.2) is 6.61 Å². The van der Waals surface area contributed by atoms with E-state index in [1.165, 1.54) is 29.6 Å². The molecule has 1 aliphatic rings. The highest BCUT2D eigenvalue weighted by molar-refractivity contribution is 7.89. The summed E-state index contributed by atoms with van der Waals surface area (Å²) in [6.45, 7) is 1.82. The van der Waals surface area contributed by atoms with Gasteiger partial charge in [-0.15, -0.1) is 11.3 Å². The van der Waals surface area contributed by atoms with E-state index in [4.69, 9.17) is 21.1 Å². The van der Waals surface area contributed by atoms with E-state index >= 15 is 0 Å². The van der Waals surface area contributed by atoms with Crippen LogP contribution in [0.15, 0.2) is 35.2 Å². The molecule has 0 amide bonds. The zero-order valence-corrected chi connectivity index (χ0v) is 19.0. The van der Waals surface area contributed by atoms with Gasteiger partial charge >= 0.3 is 5.97 Å². The van der Waals surface area contributed by atoms with Crippen molar-refractivity contribution in [1.82, 2.24) is 4.31 Å². The van der Waals surface area contributed by atoms with Crippen molar-refractivity contribution < 1.29 is 27.5 Å². The number of carbonyl (C=O) groups excluding carboxylic acids is 2. The number of benzene rings is 1. The number of ether oxygens (including phenoxy) is 2. The van der Waals surface area contributed by atoms with E-state index in [-0.39, 0.29) is 28.0 Å². The summed E-state index contributed by atoms with van der Waals surface area (Å²) in [4.78, 5) is 24.9. The molecule has 0 spiro atoms. The molecule has 0 N–H and O–H groups in total. The Hall–Kier alpha value is -1.94. The number of nitrogens with zero attached hydrogens (tertiary/aromatic N) is 1. The SMILES string of the molecule is COc1ccc(C(=O)OCC(=O)c2ccc(Cl)s2)cc1S(=O)(=O)N1CCCC[C@H]1C. The summed E-state index contributed by atoms with van der Waals surface area (Å²) < 4.78 is 38.7. The second-order valence-corrected chi connectivity index (χ2v) is 10.5. The molecule has 7 nitrogen and oxygen atoms in total. The lowest BCUT2D eigenvalue weighted by Gasteiger charge is -2.32. The molecule has 10 heteroatoms. The minimum atomic E-state index is -3.86. The zero-order valence-electron chi connectivity index (χ0n) is 16.6. The molecule has 0 bridgehead atoms. The van der Waals surface area contributed by atoms with Crippen LogP contribution in [-0.2, 0) is 14.8 Å². The lowest BCUT2D eigenvalue weighted by atomic mass is 10.1. The number of methoxy groups -OCH3 is 1. The Morgan fingerprint density at radius 1 is 1.23 bits per heavy atom. The molecule has 3 rings (SSSR count). The first kappa shape index (κ1) is 22.7. The van der Waals surface area contributed by atoms with E-state index in [0.29, 0.717) is 15.8 Å². The fraction of sp³-hybridized carbons (Fsp3) is 0.400. The van der Waals surface area contributed by atoms with E-state index in [0.717, 1.165) is 30.6 Å². The molecule has 30 heavy (non-hydrogen) atoms. The predicted octanol–water partition coefficient (Wildman–Crippen LogP) is 4.01. The Bertz CT molecular complexity index is 1050. The van der Waals surface area contributed by atoms with Crippen LogP contribution in [0.2, 0.25) is 4.34 Å². The monoisotopic (exact) mass is 471 g/mol. The van der Waals surface area contributed by atoms with Gasteiger partial charge in [0, 0.05) is 12.6 Å². The number of piperidine rings is 1. The lowest BCUT2D eigenvalue weighted by Crippen LogP contribution is -2.42. The first-order valence-corrected chi connectivity index (χ1v) is 12.0. The molecule has 2 aromatic rings. The van der Waals surface area contributed by atoms with Crippen LogP contribution in [0.4, 0.5) is 0 Å². The van der Waals surface area contributed by atoms with E-state index in [2.05, 4.69) is 0 Å². The number of sulfonamides is 1. The van der Waals surface area contributed by atoms with Gasteiger partial charge in [0.1, 0.15) is 10.6 Å². The van der Waals surface area contributed by atoms with Gasteiger partial charge in [-0.3, -0.25) is 4.79 Å². The summed E-state index contributed by atoms with van der Waals surface area (Å²) >= 11 is 6.91. The Labute approximate surface area is 184 Å². The second-order valence-electron chi connectivity index (χ2n) is 6.93. The molecule has 1 fully saturated rings. The van der Waals surface area contributed by atoms with Crippen molar-refractivity contribution in [2.75, 3.05) is 20.3 Å². The molecular weight excluding hydrogens is 450 g/mol. The highest BCUT2D eigenvalue weighted by Gasteiger charge is 2.33. The van der Waals surface area contributed by atoms with E-state index in [1.807, 2.05) is 6.92 Å². The van der Waals surface area contributed by atoms with Crippen LogP contribution in [0.5, 0.6) is 5.75 Å². The highest BCUT2D eigenvalue weighted by atomic mass is 35.5. The highest BCUT2D eigenvalue weighted by Crippen LogP contribution is 2.32. The van der Waals surface area contributed by atoms with Gasteiger partial charge in [0.05, 0.1) is 21.9 Å². The number of rotatable bonds is 7. The number of hydrogen-bond acceptors (Lipinski definition) is 7. The van der Waals surface area contributed by atoms with Crippen molar-refractivity contribution in [2.45, 2.75) is 37.1 Å². The molecule has 1 saturated heterocycles. The third kappa shape index (κ3) is 4.85. The van der Waals surface area contributed by atoms with Gasteiger partial charge < -0.3 is 9.47 Å². The van der Waals surface area contributed by atoms with Gasteiger partial charge in [-0.05, 0) is 50.1 Å². The third-order valence-corrected chi connectivity index (χ3v) is 8.22. The van der Waals surface area contributed by atoms with Crippen molar-refractivity contribution in [3.05, 3.63) is 45.1 Å². The minimum Gasteiger partial charge on any atom is -0.495 e. The Morgan fingerprint density at radius 2 is 2.00 bits per heavy atom. The molecule has 2 heterocycles. The molecular formula is C20H22ClNO6S2. The second kappa shape index (κ2) is 9.47. The summed E-state index contributed by atoms with van der Waals surface area (Å²) in [5, 5.41) is 0. The first-order valence-electron chi connectivity index (χ1n) is 9.39. The van der Waals surface area contributed by atoms with Crippen molar-refractivity contribution in [3.8, 4) is 5.75 Å². The maximum absolute atomic E-state index is 13.2. The third-order valence-electron chi connectivity index (χ3n) is 4.91. The van der Waals surface area contributed by atoms with Crippen LogP contribution in [0.25, 0.3) is 0 Å². The van der Waals surface area contributed by atoms with Gasteiger partial charge in [0.25, 0.3) is 0 Å². The maximum Gasteiger partial charge on any atom is 0.338 e. The topological polar surface area (TPSA) is 90.0 Å². The minimum absolute atomic E-state index is 0.0241. The van der Waals surface area contributed by atoms with Gasteiger partial charge in [0.2, 0.25) is 15.8 Å². The quantitative estimate of drug-likeness (QED) is 0.447. The summed E-state index contributed by atoms with van der Waals surface area (Å²) in [6.07, 6.45) is 2.53. The fourth-order valence-corrected chi connectivity index (χ4v) is 6.16. The molecule has 0 saturated carbocycles. The lowest BCUT2D eigenvalue weighted by molar-refractivity contribution is 0.0475. The van der Waals surface area contributed by atoms with Crippen LogP contribution >= 0.6 is 22.9 Å². The zero-order chi connectivity index (χ0) is 21.9. The number of halogens is 1. The molecule has 0 unspecified atom stereocenters. The molecule has 162 valence electrons. The Balaban J connectivity index is 1.81. The number of ketones is 1. The normalized spacial score (nSPS) is 17.5. The smallest absolute Gasteiger partial charge is 0.338 e. The molecule has 1 aromatic carbocycles. The molecule has 1 atom stereocenters. The average molecular weight is 472 g/mol. The maximum atomic E-state index is 13.2. The standard InChI is InChI=1S/C20H22ClNO6S2/c1-13-5-3-4-10-22(13)30(25,26)18-11-14(6-7-16(18)27-2)20(24)28-12-15(23)17-8-9-19(21)29-17/h6-9,11,13H,3-5,10,12H2,1-2H3/t13-/m1/s1. The van der Waals surface area contributed by atoms with Crippen LogP contribution in [-0.4, -0.2) is 50.8 Å². The molecule has 1 aromatic heterocycles. The van der Waals surface area contributed by atoms with E-state index in [9.17, 15) is 18.0 Å². The first-order chi connectivity index (χ1) is 14.2. The number of carbonyl (C=O) groups is 2. The number of Topliss-reactive ketones (excluding diaryl/α,β-unsaturated/α-hetero) is 1. The van der Waals surface area contributed by atoms with Gasteiger partial charge in [-0.1, -0.05) is 18.0 Å². The summed E-state index contributed by atoms with van der Waals surface area (Å²) in [5.74, 6) is -1.03. The Kier molecular flexibility index (Phi) is 7.18. The van der Waals surface area contributed by atoms with Crippen LogP contribution in [0, 0.1) is 0 Å². The van der Waals surface area contributed by atoms with Crippen LogP contribution < -0.4 is 4.74 Å². The largest absolute Gasteiger partial charge is 0.495 e. The molecule has 1 aliphatic heterocycles. The van der Waals surface area contributed by atoms with Crippen LogP contribution in [0.1, 0.15) is 46.2 Å². The summed E-state index contributed by atoms with van der Waals surface area (Å²) in [5.41, 5.74) is 0.0241. The van der Waals surface area contributed by atoms with Crippen molar-refractivity contribution in [2.24, 2.45) is 0 Å². The van der Waals surface area contributed by atoms with Crippen molar-refractivity contribution >= 4 is 44.7 Å². The van der Waals surface area contributed by atoms with Gasteiger partial charge in [-0.2, -0.15) is 4.31 Å². The van der Waals surface area contributed by atoms with Crippen LogP contribution in [0.3, 0.4) is 0 Å². The van der Waals surface area contributed by atoms with E-state index < -0.39 is 22.6 Å². The van der Waals surface area contributed by atoms with Crippen molar-refractivity contribution in [1.29, 1.82) is 0 Å². The van der Waals surface area contributed by atoms with Gasteiger partial charge in [-0.25, -0.2) is 13.2 Å². The summed E-state index contributed by atoms with van der Waals surface area (Å²) in [7, 11) is -2.49. The van der Waals surface area contributed by atoms with Crippen molar-refractivity contribution in [3.63, 3.8) is 0 Å². The molecule has 0 aliphatic carbocycles.